The van der Waals surface area contributed by atoms with Gasteiger partial charge in [-0.2, -0.15) is 0 Å². The number of aromatic nitrogens is 1. The molecule has 0 atom stereocenters. The average Bonchev–Trinajstić information content (AvgIpc) is 3.07. The number of hydrogen-bond donors (Lipinski definition) is 0. The van der Waals surface area contributed by atoms with Crippen molar-refractivity contribution in [1.82, 2.24) is 9.88 Å². The van der Waals surface area contributed by atoms with E-state index in [-0.39, 0.29) is 5.91 Å². The van der Waals surface area contributed by atoms with Crippen molar-refractivity contribution in [2.45, 2.75) is 38.6 Å². The van der Waals surface area contributed by atoms with Crippen LogP contribution in [0.4, 0.5) is 5.69 Å². The van der Waals surface area contributed by atoms with Gasteiger partial charge in [-0.3, -0.25) is 9.78 Å². The molecule has 0 N–H and O–H groups in total. The number of carbonyl (C=O) groups excluding carboxylic acids is 1. The summed E-state index contributed by atoms with van der Waals surface area (Å²) in [7, 11) is 3.28. The van der Waals surface area contributed by atoms with Crippen molar-refractivity contribution in [3.63, 3.8) is 0 Å². The average molecular weight is 396 g/mol. The first-order valence-corrected chi connectivity index (χ1v) is 10.4. The van der Waals surface area contributed by atoms with E-state index in [1.807, 2.05) is 29.3 Å². The molecule has 0 saturated carbocycles. The molecule has 2 aromatic rings. The number of pyridine rings is 1. The van der Waals surface area contributed by atoms with Crippen molar-refractivity contribution in [2.75, 3.05) is 38.8 Å². The van der Waals surface area contributed by atoms with Crippen LogP contribution in [-0.4, -0.2) is 49.6 Å². The molecular weight excluding hydrogens is 366 g/mol. The first kappa shape index (κ1) is 19.6. The molecule has 0 bridgehead atoms. The molecule has 6 heteroatoms. The molecule has 1 saturated heterocycles. The minimum absolute atomic E-state index is 0.0367. The molecule has 0 unspecified atom stereocenters. The third kappa shape index (κ3) is 4.16. The van der Waals surface area contributed by atoms with Gasteiger partial charge in [0.1, 0.15) is 0 Å². The molecule has 2 aliphatic rings. The standard InChI is InChI=1S/C23H29N3O3/c1-28-21-12-17-7-10-26(16-19(17)13-22(21)29-2)23(27)18-11-20(15-24-14-18)25-8-5-3-4-6-9-25/h11-15H,3-10,16H2,1-2H3. The summed E-state index contributed by atoms with van der Waals surface area (Å²) in [5.74, 6) is 1.47. The predicted octanol–water partition coefficient (Wildman–Crippen LogP) is 3.68. The third-order valence-electron chi connectivity index (χ3n) is 5.95. The van der Waals surface area contributed by atoms with Gasteiger partial charge in [-0.25, -0.2) is 0 Å². The summed E-state index contributed by atoms with van der Waals surface area (Å²) >= 11 is 0. The summed E-state index contributed by atoms with van der Waals surface area (Å²) < 4.78 is 10.8. The summed E-state index contributed by atoms with van der Waals surface area (Å²) in [6, 6.07) is 6.02. The van der Waals surface area contributed by atoms with E-state index < -0.39 is 0 Å². The predicted molar refractivity (Wildman–Crippen MR) is 113 cm³/mol. The first-order chi connectivity index (χ1) is 14.2. The lowest BCUT2D eigenvalue weighted by Crippen LogP contribution is -2.36. The van der Waals surface area contributed by atoms with Crippen molar-refractivity contribution in [3.8, 4) is 11.5 Å². The fourth-order valence-corrected chi connectivity index (χ4v) is 4.29. The van der Waals surface area contributed by atoms with Crippen LogP contribution < -0.4 is 14.4 Å². The molecule has 1 aromatic carbocycles. The van der Waals surface area contributed by atoms with E-state index in [1.165, 1.54) is 31.2 Å². The number of anilines is 1. The molecule has 3 heterocycles. The maximum Gasteiger partial charge on any atom is 0.255 e. The van der Waals surface area contributed by atoms with Crippen molar-refractivity contribution < 1.29 is 14.3 Å². The normalized spacial score (nSPS) is 16.8. The maximum absolute atomic E-state index is 13.2. The largest absolute Gasteiger partial charge is 0.493 e. The molecule has 29 heavy (non-hydrogen) atoms. The summed E-state index contributed by atoms with van der Waals surface area (Å²) in [6.45, 7) is 3.34. The van der Waals surface area contributed by atoms with Gasteiger partial charge in [0, 0.05) is 32.4 Å². The monoisotopic (exact) mass is 395 g/mol. The molecule has 0 radical (unpaired) electrons. The fraction of sp³-hybridized carbons (Fsp3) is 0.478. The Hall–Kier alpha value is -2.76. The molecule has 1 amide bonds. The molecule has 2 aliphatic heterocycles. The molecule has 6 nitrogen and oxygen atoms in total. The molecule has 4 rings (SSSR count). The van der Waals surface area contributed by atoms with Crippen molar-refractivity contribution in [3.05, 3.63) is 47.3 Å². The summed E-state index contributed by atoms with van der Waals surface area (Å²) in [5.41, 5.74) is 4.04. The SMILES string of the molecule is COc1cc2c(cc1OC)CN(C(=O)c1cncc(N3CCCCCC3)c1)CC2. The molecule has 1 aromatic heterocycles. The minimum Gasteiger partial charge on any atom is -0.493 e. The quantitative estimate of drug-likeness (QED) is 0.791. The van der Waals surface area contributed by atoms with Gasteiger partial charge in [-0.1, -0.05) is 12.8 Å². The third-order valence-corrected chi connectivity index (χ3v) is 5.95. The topological polar surface area (TPSA) is 54.9 Å². The lowest BCUT2D eigenvalue weighted by Gasteiger charge is -2.30. The summed E-state index contributed by atoms with van der Waals surface area (Å²) in [5, 5.41) is 0. The van der Waals surface area contributed by atoms with Gasteiger partial charge in [0.15, 0.2) is 11.5 Å². The zero-order valence-electron chi connectivity index (χ0n) is 17.3. The van der Waals surface area contributed by atoms with E-state index in [0.717, 1.165) is 36.5 Å². The second-order valence-electron chi connectivity index (χ2n) is 7.79. The number of carbonyl (C=O) groups is 1. The molecule has 1 fully saturated rings. The van der Waals surface area contributed by atoms with Crippen LogP contribution in [0.25, 0.3) is 0 Å². The number of benzene rings is 1. The highest BCUT2D eigenvalue weighted by Gasteiger charge is 2.24. The Balaban J connectivity index is 1.53. The Labute approximate surface area is 172 Å². The molecular formula is C23H29N3O3. The van der Waals surface area contributed by atoms with E-state index in [1.54, 1.807) is 20.4 Å². The van der Waals surface area contributed by atoms with Gasteiger partial charge in [0.25, 0.3) is 5.91 Å². The Morgan fingerprint density at radius 1 is 0.897 bits per heavy atom. The highest BCUT2D eigenvalue weighted by atomic mass is 16.5. The first-order valence-electron chi connectivity index (χ1n) is 10.4. The van der Waals surface area contributed by atoms with Gasteiger partial charge < -0.3 is 19.3 Å². The van der Waals surface area contributed by atoms with E-state index in [4.69, 9.17) is 9.47 Å². The minimum atomic E-state index is 0.0367. The van der Waals surface area contributed by atoms with Gasteiger partial charge >= 0.3 is 0 Å². The zero-order valence-corrected chi connectivity index (χ0v) is 17.3. The Bertz CT molecular complexity index is 876. The summed E-state index contributed by atoms with van der Waals surface area (Å²) in [4.78, 5) is 21.8. The Morgan fingerprint density at radius 2 is 1.59 bits per heavy atom. The lowest BCUT2D eigenvalue weighted by atomic mass is 9.98. The Kier molecular flexibility index (Phi) is 5.88. The number of hydrogen-bond acceptors (Lipinski definition) is 5. The van der Waals surface area contributed by atoms with E-state index in [9.17, 15) is 4.79 Å². The van der Waals surface area contributed by atoms with Gasteiger partial charge in [0.05, 0.1) is 31.7 Å². The van der Waals surface area contributed by atoms with Crippen LogP contribution in [0.2, 0.25) is 0 Å². The van der Waals surface area contributed by atoms with Gasteiger partial charge in [-0.05, 0) is 48.6 Å². The van der Waals surface area contributed by atoms with E-state index in [2.05, 4.69) is 9.88 Å². The number of nitrogens with zero attached hydrogens (tertiary/aromatic N) is 3. The van der Waals surface area contributed by atoms with Crippen LogP contribution in [0.5, 0.6) is 11.5 Å². The molecule has 0 aliphatic carbocycles. The lowest BCUT2D eigenvalue weighted by molar-refractivity contribution is 0.0734. The highest BCUT2D eigenvalue weighted by Crippen LogP contribution is 2.33. The van der Waals surface area contributed by atoms with Gasteiger partial charge in [0.2, 0.25) is 0 Å². The number of fused-ring (bicyclic) bond motifs is 1. The zero-order chi connectivity index (χ0) is 20.2. The number of amides is 1. The summed E-state index contributed by atoms with van der Waals surface area (Å²) in [6.07, 6.45) is 9.34. The van der Waals surface area contributed by atoms with E-state index >= 15 is 0 Å². The van der Waals surface area contributed by atoms with Crippen LogP contribution in [0.3, 0.4) is 0 Å². The van der Waals surface area contributed by atoms with Crippen LogP contribution in [0, 0.1) is 0 Å². The van der Waals surface area contributed by atoms with Gasteiger partial charge in [-0.15, -0.1) is 0 Å². The second-order valence-corrected chi connectivity index (χ2v) is 7.79. The van der Waals surface area contributed by atoms with Crippen molar-refractivity contribution in [1.29, 1.82) is 0 Å². The second kappa shape index (κ2) is 8.72. The molecule has 154 valence electrons. The Morgan fingerprint density at radius 3 is 2.28 bits per heavy atom. The van der Waals surface area contributed by atoms with Crippen LogP contribution in [0.15, 0.2) is 30.6 Å². The van der Waals surface area contributed by atoms with Crippen LogP contribution >= 0.6 is 0 Å². The molecule has 0 spiro atoms. The van der Waals surface area contributed by atoms with Crippen LogP contribution in [-0.2, 0) is 13.0 Å². The number of ether oxygens (including phenoxy) is 2. The number of rotatable bonds is 4. The van der Waals surface area contributed by atoms with Crippen molar-refractivity contribution >= 4 is 11.6 Å². The highest BCUT2D eigenvalue weighted by molar-refractivity contribution is 5.95. The fourth-order valence-electron chi connectivity index (χ4n) is 4.29. The number of methoxy groups -OCH3 is 2. The van der Waals surface area contributed by atoms with Crippen LogP contribution in [0.1, 0.15) is 47.2 Å². The smallest absolute Gasteiger partial charge is 0.255 e. The van der Waals surface area contributed by atoms with Crippen molar-refractivity contribution in [2.24, 2.45) is 0 Å². The maximum atomic E-state index is 13.2. The van der Waals surface area contributed by atoms with E-state index in [0.29, 0.717) is 24.4 Å².